The molecule has 0 N–H and O–H groups in total. The number of para-hydroxylation sites is 1. The largest absolute Gasteiger partial charge is 0.496 e. The maximum atomic E-state index is 5.48. The predicted molar refractivity (Wildman–Crippen MR) is 122 cm³/mol. The van der Waals surface area contributed by atoms with E-state index >= 15 is 0 Å². The van der Waals surface area contributed by atoms with Gasteiger partial charge in [-0.1, -0.05) is 24.3 Å². The van der Waals surface area contributed by atoms with Crippen LogP contribution >= 0.6 is 0 Å². The molecule has 2 heterocycles. The fourth-order valence-corrected chi connectivity index (χ4v) is 4.91. The normalized spacial score (nSPS) is 21.0. The molecule has 0 radical (unpaired) electrons. The molecule has 162 valence electrons. The van der Waals surface area contributed by atoms with Gasteiger partial charge in [0.2, 0.25) is 0 Å². The van der Waals surface area contributed by atoms with E-state index in [2.05, 4.69) is 63.2 Å². The van der Waals surface area contributed by atoms with Crippen molar-refractivity contribution >= 4 is 5.69 Å². The van der Waals surface area contributed by atoms with E-state index in [1.807, 2.05) is 0 Å². The molecule has 2 aromatic carbocycles. The number of benzene rings is 2. The molecular formula is C25H35N3O2. The van der Waals surface area contributed by atoms with Gasteiger partial charge in [-0.25, -0.2) is 0 Å². The number of nitrogens with zero attached hydrogens (tertiary/aromatic N) is 3. The zero-order valence-corrected chi connectivity index (χ0v) is 18.4. The Morgan fingerprint density at radius 1 is 0.933 bits per heavy atom. The summed E-state index contributed by atoms with van der Waals surface area (Å²) >= 11 is 0. The lowest BCUT2D eigenvalue weighted by Gasteiger charge is -2.44. The molecule has 0 spiro atoms. The van der Waals surface area contributed by atoms with Crippen LogP contribution in [0.5, 0.6) is 5.75 Å². The van der Waals surface area contributed by atoms with Crippen LogP contribution in [-0.4, -0.2) is 69.3 Å². The van der Waals surface area contributed by atoms with Gasteiger partial charge in [0, 0.05) is 63.7 Å². The fraction of sp³-hybridized carbons (Fsp3) is 0.520. The number of piperazine rings is 1. The molecular weight excluding hydrogens is 374 g/mol. The van der Waals surface area contributed by atoms with Crippen LogP contribution in [0, 0.1) is 0 Å². The molecule has 4 rings (SSSR count). The summed E-state index contributed by atoms with van der Waals surface area (Å²) in [5.74, 6) is 0.911. The molecule has 2 aromatic rings. The Balaban J connectivity index is 1.32. The molecule has 0 bridgehead atoms. The lowest BCUT2D eigenvalue weighted by molar-refractivity contribution is 0.0887. The van der Waals surface area contributed by atoms with Crippen molar-refractivity contribution in [2.24, 2.45) is 0 Å². The smallest absolute Gasteiger partial charge is 0.124 e. The summed E-state index contributed by atoms with van der Waals surface area (Å²) in [6, 6.07) is 18.0. The van der Waals surface area contributed by atoms with Gasteiger partial charge in [0.15, 0.2) is 0 Å². The highest BCUT2D eigenvalue weighted by atomic mass is 16.5. The lowest BCUT2D eigenvalue weighted by Crippen LogP contribution is -2.55. The van der Waals surface area contributed by atoms with Crippen molar-refractivity contribution in [3.8, 4) is 5.75 Å². The van der Waals surface area contributed by atoms with Crippen LogP contribution in [0.3, 0.4) is 0 Å². The average molecular weight is 410 g/mol. The number of hydrogen-bond donors (Lipinski definition) is 0. The summed E-state index contributed by atoms with van der Waals surface area (Å²) in [5, 5.41) is 0. The zero-order chi connectivity index (χ0) is 20.8. The number of likely N-dealkylation sites (tertiary alicyclic amines) is 1. The third kappa shape index (κ3) is 5.15. The SMILES string of the molecule is COCc1cc(CN2CCC[C@@H](N3CCN(c4ccccc4)CC3)C2)ccc1OC. The van der Waals surface area contributed by atoms with E-state index < -0.39 is 0 Å². The zero-order valence-electron chi connectivity index (χ0n) is 18.4. The second kappa shape index (κ2) is 10.3. The molecule has 0 aliphatic carbocycles. The van der Waals surface area contributed by atoms with Crippen LogP contribution in [0.25, 0.3) is 0 Å². The molecule has 5 heteroatoms. The maximum absolute atomic E-state index is 5.48. The Labute approximate surface area is 181 Å². The molecule has 2 saturated heterocycles. The standard InChI is InChI=1S/C25H35N3O2/c1-29-20-22-17-21(10-11-25(22)30-2)18-26-12-6-9-24(19-26)28-15-13-27(14-16-28)23-7-4-3-5-8-23/h3-5,7-8,10-11,17,24H,6,9,12-16,18-20H2,1-2H3/t24-/m1/s1. The molecule has 2 aliphatic heterocycles. The second-order valence-electron chi connectivity index (χ2n) is 8.47. The van der Waals surface area contributed by atoms with Crippen molar-refractivity contribution < 1.29 is 9.47 Å². The monoisotopic (exact) mass is 409 g/mol. The average Bonchev–Trinajstić information content (AvgIpc) is 2.80. The van der Waals surface area contributed by atoms with Gasteiger partial charge >= 0.3 is 0 Å². The number of piperidine rings is 1. The van der Waals surface area contributed by atoms with Crippen LogP contribution in [0.4, 0.5) is 5.69 Å². The topological polar surface area (TPSA) is 28.2 Å². The van der Waals surface area contributed by atoms with Crippen molar-refractivity contribution in [3.63, 3.8) is 0 Å². The minimum atomic E-state index is 0.589. The van der Waals surface area contributed by atoms with Crippen LogP contribution < -0.4 is 9.64 Å². The Bertz CT molecular complexity index is 790. The lowest BCUT2D eigenvalue weighted by atomic mass is 10.0. The molecule has 0 amide bonds. The van der Waals surface area contributed by atoms with Crippen molar-refractivity contribution in [3.05, 3.63) is 59.7 Å². The number of hydrogen-bond acceptors (Lipinski definition) is 5. The van der Waals surface area contributed by atoms with E-state index in [1.165, 1.54) is 30.6 Å². The first-order valence-corrected chi connectivity index (χ1v) is 11.2. The van der Waals surface area contributed by atoms with E-state index in [0.29, 0.717) is 12.6 Å². The Morgan fingerprint density at radius 2 is 1.73 bits per heavy atom. The third-order valence-corrected chi connectivity index (χ3v) is 6.48. The first kappa shape index (κ1) is 21.2. The summed E-state index contributed by atoms with van der Waals surface area (Å²) in [5.41, 5.74) is 3.83. The Morgan fingerprint density at radius 3 is 2.47 bits per heavy atom. The molecule has 30 heavy (non-hydrogen) atoms. The summed E-state index contributed by atoms with van der Waals surface area (Å²) in [6.07, 6.45) is 2.60. The summed E-state index contributed by atoms with van der Waals surface area (Å²) in [7, 11) is 3.46. The quantitative estimate of drug-likeness (QED) is 0.696. The van der Waals surface area contributed by atoms with Gasteiger partial charge < -0.3 is 14.4 Å². The van der Waals surface area contributed by atoms with E-state index in [9.17, 15) is 0 Å². The van der Waals surface area contributed by atoms with Crippen LogP contribution in [-0.2, 0) is 17.9 Å². The predicted octanol–water partition coefficient (Wildman–Crippen LogP) is 3.63. The van der Waals surface area contributed by atoms with Crippen molar-refractivity contribution in [2.75, 3.05) is 58.4 Å². The molecule has 2 aliphatic rings. The number of anilines is 1. The van der Waals surface area contributed by atoms with Gasteiger partial charge in [0.1, 0.15) is 5.75 Å². The van der Waals surface area contributed by atoms with Crippen LogP contribution in [0.2, 0.25) is 0 Å². The van der Waals surface area contributed by atoms with Crippen molar-refractivity contribution in [2.45, 2.75) is 32.0 Å². The highest BCUT2D eigenvalue weighted by molar-refractivity contribution is 5.46. The number of methoxy groups -OCH3 is 2. The number of rotatable bonds is 7. The first-order chi connectivity index (χ1) is 14.8. The van der Waals surface area contributed by atoms with Crippen molar-refractivity contribution in [1.82, 2.24) is 9.80 Å². The highest BCUT2D eigenvalue weighted by Gasteiger charge is 2.28. The maximum Gasteiger partial charge on any atom is 0.124 e. The minimum Gasteiger partial charge on any atom is -0.496 e. The van der Waals surface area contributed by atoms with E-state index in [4.69, 9.17) is 9.47 Å². The van der Waals surface area contributed by atoms with Crippen LogP contribution in [0.1, 0.15) is 24.0 Å². The second-order valence-corrected chi connectivity index (χ2v) is 8.47. The minimum absolute atomic E-state index is 0.589. The highest BCUT2D eigenvalue weighted by Crippen LogP contribution is 2.24. The third-order valence-electron chi connectivity index (χ3n) is 6.48. The molecule has 0 aromatic heterocycles. The van der Waals surface area contributed by atoms with Gasteiger partial charge in [0.05, 0.1) is 13.7 Å². The first-order valence-electron chi connectivity index (χ1n) is 11.2. The van der Waals surface area contributed by atoms with Gasteiger partial charge in [-0.05, 0) is 49.2 Å². The molecule has 5 nitrogen and oxygen atoms in total. The van der Waals surface area contributed by atoms with Crippen molar-refractivity contribution in [1.29, 1.82) is 0 Å². The summed E-state index contributed by atoms with van der Waals surface area (Å²) < 4.78 is 10.8. The molecule has 0 unspecified atom stereocenters. The van der Waals surface area contributed by atoms with E-state index in [1.54, 1.807) is 14.2 Å². The molecule has 0 saturated carbocycles. The van der Waals surface area contributed by atoms with Gasteiger partial charge in [-0.3, -0.25) is 9.80 Å². The van der Waals surface area contributed by atoms with Gasteiger partial charge in [-0.15, -0.1) is 0 Å². The van der Waals surface area contributed by atoms with Crippen LogP contribution in [0.15, 0.2) is 48.5 Å². The summed E-state index contributed by atoms with van der Waals surface area (Å²) in [6.45, 7) is 8.51. The Hall–Kier alpha value is -2.08. The van der Waals surface area contributed by atoms with Gasteiger partial charge in [-0.2, -0.15) is 0 Å². The van der Waals surface area contributed by atoms with E-state index in [0.717, 1.165) is 50.6 Å². The summed E-state index contributed by atoms with van der Waals surface area (Å²) in [4.78, 5) is 7.86. The van der Waals surface area contributed by atoms with Gasteiger partial charge in [0.25, 0.3) is 0 Å². The number of ether oxygens (including phenoxy) is 2. The van der Waals surface area contributed by atoms with E-state index in [-0.39, 0.29) is 0 Å². The Kier molecular flexibility index (Phi) is 7.26. The molecule has 2 fully saturated rings. The molecule has 1 atom stereocenters. The fourth-order valence-electron chi connectivity index (χ4n) is 4.91.